The number of amides is 3. The molecule has 0 saturated heterocycles. The number of carbonyl (C=O) groups is 4. The van der Waals surface area contributed by atoms with Crippen LogP contribution in [0.2, 0.25) is 4.82 Å². The molecule has 4 atom stereocenters. The van der Waals surface area contributed by atoms with Gasteiger partial charge in [0, 0.05) is 0 Å². The van der Waals surface area contributed by atoms with Gasteiger partial charge in [0.1, 0.15) is 0 Å². The van der Waals surface area contributed by atoms with E-state index < -0.39 is 35.5 Å². The van der Waals surface area contributed by atoms with Crippen LogP contribution in [0.25, 0.3) is 0 Å². The zero-order valence-electron chi connectivity index (χ0n) is 23.5. The number of benzene rings is 1. The summed E-state index contributed by atoms with van der Waals surface area (Å²) in [6, 6.07) is 7.17. The molecule has 0 aliphatic heterocycles. The van der Waals surface area contributed by atoms with Gasteiger partial charge in [-0.15, -0.1) is 0 Å². The first-order chi connectivity index (χ1) is 17.2. The first kappa shape index (κ1) is 33.0. The zero-order chi connectivity index (χ0) is 28.3. The Balaban J connectivity index is 3.48. The number of thioether (sulfide) groups is 1. The number of rotatable bonds is 13. The molecule has 3 amide bonds. The molecule has 208 valence electrons. The van der Waals surface area contributed by atoms with Gasteiger partial charge in [0.05, 0.1) is 0 Å². The van der Waals surface area contributed by atoms with E-state index in [1.807, 2.05) is 78.1 Å². The molecule has 0 fully saturated rings. The van der Waals surface area contributed by atoms with Crippen LogP contribution in [-0.4, -0.2) is 86.3 Å². The normalized spacial score (nSPS) is 14.8. The van der Waals surface area contributed by atoms with Crippen LogP contribution >= 0.6 is 11.8 Å². The molecule has 0 radical (unpaired) electrons. The number of ether oxygens (including phenoxy) is 1. The molecule has 0 bridgehead atoms. The van der Waals surface area contributed by atoms with Crippen molar-refractivity contribution in [1.82, 2.24) is 15.5 Å². The average Bonchev–Trinajstić information content (AvgIpc) is 2.79. The third-order valence-electron chi connectivity index (χ3n) is 5.55. The monoisotopic (exact) mass is 601 g/mol. The molecule has 0 aliphatic rings. The summed E-state index contributed by atoms with van der Waals surface area (Å²) < 4.78 is 5.99. The quantitative estimate of drug-likeness (QED) is 0.266. The Morgan fingerprint density at radius 1 is 1.03 bits per heavy atom. The van der Waals surface area contributed by atoms with Crippen LogP contribution in [0.5, 0.6) is 0 Å². The van der Waals surface area contributed by atoms with E-state index in [1.54, 1.807) is 11.8 Å². The van der Waals surface area contributed by atoms with Crippen molar-refractivity contribution >= 4 is 54.9 Å². The Labute approximate surface area is 232 Å². The fraction of sp³-hybridized carbons (Fsp3) is 0.630. The summed E-state index contributed by atoms with van der Waals surface area (Å²) in [6.45, 7) is 12.6. The van der Waals surface area contributed by atoms with E-state index in [0.29, 0.717) is 12.2 Å². The summed E-state index contributed by atoms with van der Waals surface area (Å²) >= 11 is 1.40. The first-order valence-electron chi connectivity index (χ1n) is 12.4. The van der Waals surface area contributed by atoms with Gasteiger partial charge in [-0.1, -0.05) is 0 Å². The molecule has 1 unspecified atom stereocenters. The summed E-state index contributed by atoms with van der Waals surface area (Å²) in [6.07, 6.45) is 2.31. The van der Waals surface area contributed by atoms with Gasteiger partial charge in [-0.3, -0.25) is 0 Å². The molecule has 10 heteroatoms. The predicted octanol–water partition coefficient (Wildman–Crippen LogP) is 2.39. The molecule has 1 aromatic rings. The van der Waals surface area contributed by atoms with Crippen molar-refractivity contribution < 1.29 is 23.9 Å². The zero-order valence-corrected chi connectivity index (χ0v) is 26.0. The molecule has 1 rings (SSSR count). The third kappa shape index (κ3) is 10.7. The minimum atomic E-state index is -0.955. The van der Waals surface area contributed by atoms with Crippen LogP contribution in [0, 0.1) is 5.92 Å². The molecule has 0 spiro atoms. The molecular formula is C27H43N3O5SSe. The van der Waals surface area contributed by atoms with Crippen LogP contribution in [0.4, 0.5) is 0 Å². The van der Waals surface area contributed by atoms with Crippen LogP contribution in [0.15, 0.2) is 30.3 Å². The SMILES string of the molecule is COC(=O)[C@H](CCSC)NC(=O)[C@H](C(C)C)N(C(C)=O)C(C(=O)NC(C)(C)C)[C@H](C)[Se]c1ccccc1. The van der Waals surface area contributed by atoms with E-state index in [4.69, 9.17) is 4.74 Å². The Bertz CT molecular complexity index is 907. The molecule has 0 heterocycles. The van der Waals surface area contributed by atoms with Crippen LogP contribution in [0.3, 0.4) is 0 Å². The summed E-state index contributed by atoms with van der Waals surface area (Å²) in [5.41, 5.74) is -0.527. The van der Waals surface area contributed by atoms with Gasteiger partial charge in [-0.25, -0.2) is 0 Å². The maximum atomic E-state index is 13.7. The van der Waals surface area contributed by atoms with Gasteiger partial charge in [0.25, 0.3) is 0 Å². The van der Waals surface area contributed by atoms with E-state index in [-0.39, 0.29) is 37.5 Å². The van der Waals surface area contributed by atoms with Gasteiger partial charge < -0.3 is 0 Å². The summed E-state index contributed by atoms with van der Waals surface area (Å²) in [5.74, 6) is -1.37. The van der Waals surface area contributed by atoms with Crippen LogP contribution < -0.4 is 15.1 Å². The number of hydrogen-bond donors (Lipinski definition) is 2. The number of nitrogens with zero attached hydrogens (tertiary/aromatic N) is 1. The second-order valence-corrected chi connectivity index (χ2v) is 14.3. The maximum absolute atomic E-state index is 13.7. The predicted molar refractivity (Wildman–Crippen MR) is 151 cm³/mol. The Hall–Kier alpha value is -2.03. The van der Waals surface area contributed by atoms with E-state index >= 15 is 0 Å². The fourth-order valence-electron chi connectivity index (χ4n) is 3.99. The molecule has 1 aromatic carbocycles. The Morgan fingerprint density at radius 2 is 1.62 bits per heavy atom. The van der Waals surface area contributed by atoms with Crippen LogP contribution in [0.1, 0.15) is 54.9 Å². The van der Waals surface area contributed by atoms with E-state index in [2.05, 4.69) is 10.6 Å². The van der Waals surface area contributed by atoms with E-state index in [1.165, 1.54) is 18.9 Å². The average molecular weight is 601 g/mol. The van der Waals surface area contributed by atoms with Crippen molar-refractivity contribution in [3.05, 3.63) is 30.3 Å². The number of hydrogen-bond acceptors (Lipinski definition) is 6. The van der Waals surface area contributed by atoms with Crippen molar-refractivity contribution in [3.63, 3.8) is 0 Å². The first-order valence-corrected chi connectivity index (χ1v) is 15.7. The van der Waals surface area contributed by atoms with Crippen molar-refractivity contribution in [3.8, 4) is 0 Å². The van der Waals surface area contributed by atoms with Crippen molar-refractivity contribution in [2.24, 2.45) is 5.92 Å². The van der Waals surface area contributed by atoms with E-state index in [9.17, 15) is 19.2 Å². The molecule has 37 heavy (non-hydrogen) atoms. The standard InChI is InChI=1S/C27H43N3O5SSe/c1-17(2)22(24(32)28-21(15-16-36-9)26(34)35-8)30(19(4)31)23(25(33)29-27(5,6)7)18(3)37-20-13-11-10-12-14-20/h10-14,17-18,21-23H,15-16H2,1-9H3,(H,28,32)(H,29,33)/t18-,21-,22-,23?/m0/s1. The second-order valence-electron chi connectivity index (χ2n) is 10.3. The second kappa shape index (κ2) is 15.4. The molecule has 0 aliphatic carbocycles. The fourth-order valence-corrected chi connectivity index (χ4v) is 6.82. The number of methoxy groups -OCH3 is 1. The molecule has 0 saturated carbocycles. The number of esters is 1. The van der Waals surface area contributed by atoms with Crippen molar-refractivity contribution in [1.29, 1.82) is 0 Å². The minimum absolute atomic E-state index is 0.153. The van der Waals surface area contributed by atoms with Crippen LogP contribution in [-0.2, 0) is 23.9 Å². The molecule has 0 aromatic heterocycles. The Kier molecular flexibility index (Phi) is 13.7. The molecular weight excluding hydrogens is 557 g/mol. The third-order valence-corrected chi connectivity index (χ3v) is 8.66. The summed E-state index contributed by atoms with van der Waals surface area (Å²) in [5, 5.41) is 5.82. The van der Waals surface area contributed by atoms with Gasteiger partial charge >= 0.3 is 233 Å². The Morgan fingerprint density at radius 3 is 2.08 bits per heavy atom. The van der Waals surface area contributed by atoms with Gasteiger partial charge in [0.2, 0.25) is 0 Å². The summed E-state index contributed by atoms with van der Waals surface area (Å²) in [4.78, 5) is 54.1. The number of nitrogens with one attached hydrogen (secondary N) is 2. The van der Waals surface area contributed by atoms with Gasteiger partial charge in [0.15, 0.2) is 0 Å². The molecule has 8 nitrogen and oxygen atoms in total. The van der Waals surface area contributed by atoms with E-state index in [0.717, 1.165) is 4.46 Å². The molecule has 2 N–H and O–H groups in total. The van der Waals surface area contributed by atoms with Gasteiger partial charge in [-0.05, 0) is 0 Å². The van der Waals surface area contributed by atoms with Gasteiger partial charge in [-0.2, -0.15) is 0 Å². The number of carbonyl (C=O) groups excluding carboxylic acids is 4. The van der Waals surface area contributed by atoms with Crippen molar-refractivity contribution in [2.75, 3.05) is 19.1 Å². The van der Waals surface area contributed by atoms with Crippen molar-refractivity contribution in [2.45, 2.75) is 83.4 Å². The topological polar surface area (TPSA) is 105 Å². The summed E-state index contributed by atoms with van der Waals surface area (Å²) in [7, 11) is 1.28.